The maximum absolute atomic E-state index is 6.15. The molecule has 1 spiro atoms. The highest BCUT2D eigenvalue weighted by Crippen LogP contribution is 2.36. The Morgan fingerprint density at radius 1 is 1.47 bits per heavy atom. The van der Waals surface area contributed by atoms with Crippen LogP contribution in [0, 0.1) is 5.41 Å². The van der Waals surface area contributed by atoms with Gasteiger partial charge in [-0.25, -0.2) is 0 Å². The molecular weight excluding hydrogens is 234 g/mol. The Balaban J connectivity index is 1.66. The first kappa shape index (κ1) is 11.5. The summed E-state index contributed by atoms with van der Waals surface area (Å²) in [6.07, 6.45) is 6.21. The molecule has 3 heterocycles. The van der Waals surface area contributed by atoms with Crippen LogP contribution in [0.2, 0.25) is 5.02 Å². The van der Waals surface area contributed by atoms with Gasteiger partial charge in [-0.15, -0.1) is 0 Å². The van der Waals surface area contributed by atoms with Crippen molar-refractivity contribution in [3.63, 3.8) is 0 Å². The predicted molar refractivity (Wildman–Crippen MR) is 69.1 cm³/mol. The highest BCUT2D eigenvalue weighted by molar-refractivity contribution is 6.31. The maximum atomic E-state index is 6.15. The number of likely N-dealkylation sites (tertiary alicyclic amines) is 1. The molecule has 3 nitrogen and oxygen atoms in total. The molecule has 1 aromatic rings. The molecule has 2 aliphatic heterocycles. The summed E-state index contributed by atoms with van der Waals surface area (Å²) < 4.78 is 0. The van der Waals surface area contributed by atoms with Gasteiger partial charge in [0, 0.05) is 32.0 Å². The van der Waals surface area contributed by atoms with Crippen molar-refractivity contribution in [1.82, 2.24) is 15.2 Å². The number of aromatic nitrogens is 1. The minimum absolute atomic E-state index is 0.541. The van der Waals surface area contributed by atoms with Gasteiger partial charge in [0.05, 0.1) is 5.02 Å². The molecule has 0 aromatic carbocycles. The van der Waals surface area contributed by atoms with Gasteiger partial charge in [0.25, 0.3) is 0 Å². The SMILES string of the molecule is Clc1cnccc1CN1CCC2(CCNC2)C1. The van der Waals surface area contributed by atoms with Crippen molar-refractivity contribution < 1.29 is 0 Å². The van der Waals surface area contributed by atoms with Gasteiger partial charge in [-0.3, -0.25) is 9.88 Å². The van der Waals surface area contributed by atoms with Crippen LogP contribution in [0.15, 0.2) is 18.5 Å². The number of rotatable bonds is 2. The lowest BCUT2D eigenvalue weighted by atomic mass is 9.87. The van der Waals surface area contributed by atoms with Gasteiger partial charge in [-0.05, 0) is 43.0 Å². The number of hydrogen-bond donors (Lipinski definition) is 1. The van der Waals surface area contributed by atoms with E-state index in [1.54, 1.807) is 6.20 Å². The molecule has 0 radical (unpaired) electrons. The molecule has 0 amide bonds. The average molecular weight is 252 g/mol. The van der Waals surface area contributed by atoms with Crippen molar-refractivity contribution in [3.8, 4) is 0 Å². The van der Waals surface area contributed by atoms with Crippen LogP contribution in [0.1, 0.15) is 18.4 Å². The quantitative estimate of drug-likeness (QED) is 0.871. The Kier molecular flexibility index (Phi) is 3.07. The molecule has 4 heteroatoms. The molecule has 1 atom stereocenters. The molecule has 1 aromatic heterocycles. The molecule has 17 heavy (non-hydrogen) atoms. The van der Waals surface area contributed by atoms with Gasteiger partial charge in [0.1, 0.15) is 0 Å². The van der Waals surface area contributed by atoms with E-state index >= 15 is 0 Å². The van der Waals surface area contributed by atoms with Crippen molar-refractivity contribution in [2.45, 2.75) is 19.4 Å². The zero-order valence-corrected chi connectivity index (χ0v) is 10.7. The standard InChI is InChI=1S/C13H18ClN3/c14-12-7-15-4-1-11(12)8-17-6-3-13(10-17)2-5-16-9-13/h1,4,7,16H,2-3,5-6,8-10H2. The Morgan fingerprint density at radius 2 is 2.41 bits per heavy atom. The molecule has 2 fully saturated rings. The lowest BCUT2D eigenvalue weighted by Gasteiger charge is -2.23. The van der Waals surface area contributed by atoms with Crippen LogP contribution >= 0.6 is 11.6 Å². The molecule has 0 bridgehead atoms. The maximum Gasteiger partial charge on any atom is 0.0634 e. The Morgan fingerprint density at radius 3 is 3.18 bits per heavy atom. The first-order chi connectivity index (χ1) is 8.27. The second-order valence-corrected chi connectivity index (χ2v) is 5.76. The summed E-state index contributed by atoms with van der Waals surface area (Å²) in [7, 11) is 0. The molecule has 2 aliphatic rings. The lowest BCUT2D eigenvalue weighted by molar-refractivity contribution is 0.268. The number of nitrogens with zero attached hydrogens (tertiary/aromatic N) is 2. The van der Waals surface area contributed by atoms with E-state index in [2.05, 4.69) is 15.2 Å². The second kappa shape index (κ2) is 4.56. The van der Waals surface area contributed by atoms with E-state index in [0.29, 0.717) is 5.41 Å². The van der Waals surface area contributed by atoms with Crippen LogP contribution in [0.5, 0.6) is 0 Å². The van der Waals surface area contributed by atoms with E-state index in [9.17, 15) is 0 Å². The van der Waals surface area contributed by atoms with Crippen LogP contribution in [-0.2, 0) is 6.54 Å². The Labute approximate surface area is 107 Å². The molecule has 92 valence electrons. The zero-order valence-electron chi connectivity index (χ0n) is 9.95. The second-order valence-electron chi connectivity index (χ2n) is 5.35. The number of pyridine rings is 1. The first-order valence-electron chi connectivity index (χ1n) is 6.29. The molecule has 3 rings (SSSR count). The van der Waals surface area contributed by atoms with Gasteiger partial charge in [-0.2, -0.15) is 0 Å². The van der Waals surface area contributed by atoms with Gasteiger partial charge in [-0.1, -0.05) is 11.6 Å². The lowest BCUT2D eigenvalue weighted by Crippen LogP contribution is -2.29. The normalized spacial score (nSPS) is 29.2. The number of nitrogens with one attached hydrogen (secondary N) is 1. The molecule has 2 saturated heterocycles. The summed E-state index contributed by atoms with van der Waals surface area (Å²) >= 11 is 6.15. The number of halogens is 1. The summed E-state index contributed by atoms with van der Waals surface area (Å²) in [5.74, 6) is 0. The van der Waals surface area contributed by atoms with Crippen molar-refractivity contribution in [3.05, 3.63) is 29.0 Å². The van der Waals surface area contributed by atoms with Gasteiger partial charge in [0.2, 0.25) is 0 Å². The Bertz CT molecular complexity index is 401. The van der Waals surface area contributed by atoms with Crippen LogP contribution in [0.3, 0.4) is 0 Å². The van der Waals surface area contributed by atoms with Crippen molar-refractivity contribution in [2.75, 3.05) is 26.2 Å². The monoisotopic (exact) mass is 251 g/mol. The van der Waals surface area contributed by atoms with Crippen LogP contribution in [-0.4, -0.2) is 36.1 Å². The van der Waals surface area contributed by atoms with Crippen molar-refractivity contribution in [1.29, 1.82) is 0 Å². The average Bonchev–Trinajstić information content (AvgIpc) is 2.94. The number of hydrogen-bond acceptors (Lipinski definition) is 3. The predicted octanol–water partition coefficient (Wildman–Crippen LogP) is 1.92. The summed E-state index contributed by atoms with van der Waals surface area (Å²) in [5, 5.41) is 4.28. The van der Waals surface area contributed by atoms with E-state index in [0.717, 1.165) is 11.6 Å². The van der Waals surface area contributed by atoms with Crippen molar-refractivity contribution in [2.24, 2.45) is 5.41 Å². The van der Waals surface area contributed by atoms with E-state index in [1.165, 1.54) is 44.6 Å². The first-order valence-corrected chi connectivity index (χ1v) is 6.67. The van der Waals surface area contributed by atoms with Crippen LogP contribution < -0.4 is 5.32 Å². The molecule has 0 aliphatic carbocycles. The summed E-state index contributed by atoms with van der Waals surface area (Å²) in [4.78, 5) is 6.55. The third kappa shape index (κ3) is 2.32. The largest absolute Gasteiger partial charge is 0.316 e. The van der Waals surface area contributed by atoms with E-state index in [1.807, 2.05) is 12.3 Å². The fourth-order valence-electron chi connectivity index (χ4n) is 3.08. The minimum atomic E-state index is 0.541. The van der Waals surface area contributed by atoms with Gasteiger partial charge >= 0.3 is 0 Å². The van der Waals surface area contributed by atoms with E-state index in [-0.39, 0.29) is 0 Å². The zero-order chi connectivity index (χ0) is 11.7. The highest BCUT2D eigenvalue weighted by Gasteiger charge is 2.40. The fourth-order valence-corrected chi connectivity index (χ4v) is 3.26. The fraction of sp³-hybridized carbons (Fsp3) is 0.615. The minimum Gasteiger partial charge on any atom is -0.316 e. The van der Waals surface area contributed by atoms with E-state index in [4.69, 9.17) is 11.6 Å². The molecule has 1 unspecified atom stereocenters. The third-order valence-corrected chi connectivity index (χ3v) is 4.44. The van der Waals surface area contributed by atoms with E-state index < -0.39 is 0 Å². The summed E-state index contributed by atoms with van der Waals surface area (Å²) in [5.41, 5.74) is 1.74. The third-order valence-electron chi connectivity index (χ3n) is 4.10. The molecular formula is C13H18ClN3. The van der Waals surface area contributed by atoms with Gasteiger partial charge < -0.3 is 5.32 Å². The van der Waals surface area contributed by atoms with Crippen LogP contribution in [0.25, 0.3) is 0 Å². The van der Waals surface area contributed by atoms with Crippen LogP contribution in [0.4, 0.5) is 0 Å². The smallest absolute Gasteiger partial charge is 0.0634 e. The molecule has 1 N–H and O–H groups in total. The topological polar surface area (TPSA) is 28.2 Å². The summed E-state index contributed by atoms with van der Waals surface area (Å²) in [6, 6.07) is 2.03. The highest BCUT2D eigenvalue weighted by atomic mass is 35.5. The van der Waals surface area contributed by atoms with Gasteiger partial charge in [0.15, 0.2) is 0 Å². The molecule has 0 saturated carbocycles. The summed E-state index contributed by atoms with van der Waals surface area (Å²) in [6.45, 7) is 5.74. The Hall–Kier alpha value is -0.640. The van der Waals surface area contributed by atoms with Crippen molar-refractivity contribution >= 4 is 11.6 Å².